The maximum Gasteiger partial charge on any atom is 0.223 e. The number of hydrazine groups is 1. The second-order valence-corrected chi connectivity index (χ2v) is 4.57. The summed E-state index contributed by atoms with van der Waals surface area (Å²) in [5, 5.41) is 3.18. The molecule has 0 bridgehead atoms. The van der Waals surface area contributed by atoms with Crippen LogP contribution in [0.25, 0.3) is 0 Å². The van der Waals surface area contributed by atoms with Gasteiger partial charge in [-0.3, -0.25) is 0 Å². The summed E-state index contributed by atoms with van der Waals surface area (Å²) in [5.41, 5.74) is 10.4. The van der Waals surface area contributed by atoms with Crippen LogP contribution in [-0.2, 0) is 6.42 Å². The van der Waals surface area contributed by atoms with Gasteiger partial charge in [-0.25, -0.2) is 5.84 Å². The fourth-order valence-electron chi connectivity index (χ4n) is 1.89. The van der Waals surface area contributed by atoms with Crippen molar-refractivity contribution < 1.29 is 0 Å². The molecule has 0 aliphatic carbocycles. The number of hydrogen-bond acceptors (Lipinski definition) is 6. The van der Waals surface area contributed by atoms with Crippen molar-refractivity contribution in [3.8, 4) is 0 Å². The van der Waals surface area contributed by atoms with E-state index < -0.39 is 0 Å². The first-order valence-corrected chi connectivity index (χ1v) is 6.68. The monoisotopic (exact) mass is 272 g/mol. The van der Waals surface area contributed by atoms with E-state index in [1.54, 1.807) is 6.07 Å². The molecule has 6 heteroatoms. The summed E-state index contributed by atoms with van der Waals surface area (Å²) in [5.74, 6) is 6.57. The van der Waals surface area contributed by atoms with Crippen molar-refractivity contribution in [2.24, 2.45) is 5.84 Å². The van der Waals surface area contributed by atoms with Crippen LogP contribution >= 0.6 is 0 Å². The molecule has 106 valence electrons. The van der Waals surface area contributed by atoms with Crippen molar-refractivity contribution in [1.29, 1.82) is 0 Å². The number of nitrogens with two attached hydrogens (primary N) is 2. The molecule has 0 spiro atoms. The van der Waals surface area contributed by atoms with E-state index in [1.807, 2.05) is 12.1 Å². The standard InChI is InChI=1S/C14H20N6/c1-2-3-4-10-5-7-11(8-6-10)17-12-9-13(20-16)19-14(15)18-12/h5-9H,2-4,16H2,1H3,(H4,15,17,18,19,20). The zero-order chi connectivity index (χ0) is 14.4. The van der Waals surface area contributed by atoms with Crippen LogP contribution in [0.1, 0.15) is 25.3 Å². The Morgan fingerprint density at radius 2 is 1.80 bits per heavy atom. The summed E-state index contributed by atoms with van der Waals surface area (Å²) in [4.78, 5) is 8.04. The molecule has 6 N–H and O–H groups in total. The van der Waals surface area contributed by atoms with Gasteiger partial charge in [0.2, 0.25) is 5.95 Å². The summed E-state index contributed by atoms with van der Waals surface area (Å²) in [6, 6.07) is 9.98. The number of anilines is 4. The molecule has 0 amide bonds. The lowest BCUT2D eigenvalue weighted by atomic mass is 10.1. The Morgan fingerprint density at radius 3 is 2.45 bits per heavy atom. The molecule has 0 saturated carbocycles. The molecule has 0 radical (unpaired) electrons. The molecule has 1 aromatic carbocycles. The Morgan fingerprint density at radius 1 is 1.10 bits per heavy atom. The highest BCUT2D eigenvalue weighted by atomic mass is 15.3. The minimum Gasteiger partial charge on any atom is -0.368 e. The third-order valence-electron chi connectivity index (χ3n) is 2.94. The van der Waals surface area contributed by atoms with Crippen LogP contribution in [0.2, 0.25) is 0 Å². The number of hydrogen-bond donors (Lipinski definition) is 4. The van der Waals surface area contributed by atoms with Gasteiger partial charge < -0.3 is 16.5 Å². The molecule has 0 aliphatic heterocycles. The molecule has 2 aromatic rings. The van der Waals surface area contributed by atoms with Gasteiger partial charge in [-0.15, -0.1) is 0 Å². The predicted molar refractivity (Wildman–Crippen MR) is 82.6 cm³/mol. The van der Waals surface area contributed by atoms with Gasteiger partial charge in [0.25, 0.3) is 0 Å². The van der Waals surface area contributed by atoms with Crippen LogP contribution in [0.4, 0.5) is 23.3 Å². The number of unbranched alkanes of at least 4 members (excludes halogenated alkanes) is 1. The third-order valence-corrected chi connectivity index (χ3v) is 2.94. The minimum atomic E-state index is 0.169. The van der Waals surface area contributed by atoms with Gasteiger partial charge in [0.1, 0.15) is 11.6 Å². The smallest absolute Gasteiger partial charge is 0.223 e. The largest absolute Gasteiger partial charge is 0.368 e. The second kappa shape index (κ2) is 6.72. The number of benzene rings is 1. The van der Waals surface area contributed by atoms with Crippen LogP contribution in [0, 0.1) is 0 Å². The number of aromatic nitrogens is 2. The molecule has 2 rings (SSSR count). The summed E-state index contributed by atoms with van der Waals surface area (Å²) >= 11 is 0. The van der Waals surface area contributed by atoms with E-state index in [-0.39, 0.29) is 5.95 Å². The van der Waals surface area contributed by atoms with E-state index in [0.29, 0.717) is 11.6 Å². The zero-order valence-electron chi connectivity index (χ0n) is 11.6. The molecule has 0 fully saturated rings. The number of rotatable bonds is 6. The number of nitrogens with one attached hydrogen (secondary N) is 2. The molecule has 0 atom stereocenters. The number of nitrogens with zero attached hydrogens (tertiary/aromatic N) is 2. The van der Waals surface area contributed by atoms with Crippen LogP contribution in [-0.4, -0.2) is 9.97 Å². The second-order valence-electron chi connectivity index (χ2n) is 4.57. The quantitative estimate of drug-likeness (QED) is 0.476. The van der Waals surface area contributed by atoms with Crippen LogP contribution < -0.4 is 22.3 Å². The molecule has 0 saturated heterocycles. The van der Waals surface area contributed by atoms with Gasteiger partial charge in [-0.1, -0.05) is 25.5 Å². The van der Waals surface area contributed by atoms with E-state index in [0.717, 1.165) is 12.1 Å². The molecular weight excluding hydrogens is 252 g/mol. The highest BCUT2D eigenvalue weighted by Crippen LogP contribution is 2.18. The lowest BCUT2D eigenvalue weighted by molar-refractivity contribution is 0.795. The molecular formula is C14H20N6. The van der Waals surface area contributed by atoms with Crippen molar-refractivity contribution >= 4 is 23.3 Å². The molecule has 0 unspecified atom stereocenters. The summed E-state index contributed by atoms with van der Waals surface area (Å²) in [6.45, 7) is 2.19. The minimum absolute atomic E-state index is 0.169. The maximum atomic E-state index is 5.61. The fourth-order valence-corrected chi connectivity index (χ4v) is 1.89. The average Bonchev–Trinajstić information content (AvgIpc) is 2.46. The van der Waals surface area contributed by atoms with Gasteiger partial charge >= 0.3 is 0 Å². The number of aryl methyl sites for hydroxylation is 1. The van der Waals surface area contributed by atoms with Crippen molar-refractivity contribution in [1.82, 2.24) is 9.97 Å². The highest BCUT2D eigenvalue weighted by Gasteiger charge is 2.02. The number of nitrogen functional groups attached to an aromatic ring is 2. The Labute approximate surface area is 118 Å². The molecule has 1 aromatic heterocycles. The summed E-state index contributed by atoms with van der Waals surface area (Å²) in [6.07, 6.45) is 3.52. The van der Waals surface area contributed by atoms with Crippen molar-refractivity contribution in [2.45, 2.75) is 26.2 Å². The van der Waals surface area contributed by atoms with Gasteiger partial charge in [0.05, 0.1) is 0 Å². The maximum absolute atomic E-state index is 5.61. The Bertz CT molecular complexity index is 552. The third kappa shape index (κ3) is 3.83. The SMILES string of the molecule is CCCCc1ccc(Nc2cc(NN)nc(N)n2)cc1. The van der Waals surface area contributed by atoms with Crippen molar-refractivity contribution in [3.63, 3.8) is 0 Å². The Hall–Kier alpha value is -2.34. The lowest BCUT2D eigenvalue weighted by Crippen LogP contribution is -2.11. The van der Waals surface area contributed by atoms with E-state index in [2.05, 4.69) is 39.8 Å². The average molecular weight is 272 g/mol. The van der Waals surface area contributed by atoms with Gasteiger partial charge in [0.15, 0.2) is 0 Å². The summed E-state index contributed by atoms with van der Waals surface area (Å²) < 4.78 is 0. The predicted octanol–water partition coefficient (Wildman–Crippen LogP) is 2.43. The fraction of sp³-hybridized carbons (Fsp3) is 0.286. The van der Waals surface area contributed by atoms with E-state index in [4.69, 9.17) is 11.6 Å². The molecule has 0 aliphatic rings. The Kier molecular flexibility index (Phi) is 4.73. The van der Waals surface area contributed by atoms with Gasteiger partial charge in [0, 0.05) is 11.8 Å². The van der Waals surface area contributed by atoms with Crippen LogP contribution in [0.5, 0.6) is 0 Å². The van der Waals surface area contributed by atoms with E-state index >= 15 is 0 Å². The first-order chi connectivity index (χ1) is 9.71. The first kappa shape index (κ1) is 14.1. The zero-order valence-corrected chi connectivity index (χ0v) is 11.6. The van der Waals surface area contributed by atoms with E-state index in [1.165, 1.54) is 18.4 Å². The molecule has 20 heavy (non-hydrogen) atoms. The van der Waals surface area contributed by atoms with Gasteiger partial charge in [-0.2, -0.15) is 9.97 Å². The van der Waals surface area contributed by atoms with Crippen molar-refractivity contribution in [2.75, 3.05) is 16.5 Å². The Balaban J connectivity index is 2.07. The lowest BCUT2D eigenvalue weighted by Gasteiger charge is -2.08. The first-order valence-electron chi connectivity index (χ1n) is 6.68. The molecule has 6 nitrogen and oxygen atoms in total. The summed E-state index contributed by atoms with van der Waals surface area (Å²) in [7, 11) is 0. The van der Waals surface area contributed by atoms with Crippen LogP contribution in [0.15, 0.2) is 30.3 Å². The van der Waals surface area contributed by atoms with Crippen molar-refractivity contribution in [3.05, 3.63) is 35.9 Å². The van der Waals surface area contributed by atoms with E-state index in [9.17, 15) is 0 Å². The van der Waals surface area contributed by atoms with Gasteiger partial charge in [-0.05, 0) is 30.5 Å². The van der Waals surface area contributed by atoms with Crippen LogP contribution in [0.3, 0.4) is 0 Å². The normalized spacial score (nSPS) is 10.3. The molecule has 1 heterocycles. The highest BCUT2D eigenvalue weighted by molar-refractivity contribution is 5.60. The topological polar surface area (TPSA) is 102 Å².